The molecule has 16 heavy (non-hydrogen) atoms. The van der Waals surface area contributed by atoms with Gasteiger partial charge in [0.05, 0.1) is 22.5 Å². The lowest BCUT2D eigenvalue weighted by Crippen LogP contribution is -2.13. The zero-order valence-corrected chi connectivity index (χ0v) is 11.3. The van der Waals surface area contributed by atoms with Crippen molar-refractivity contribution in [1.82, 2.24) is 9.78 Å². The normalized spacial score (nSPS) is 19.9. The molecule has 1 aromatic rings. The molecule has 4 heteroatoms. The highest BCUT2D eigenvalue weighted by Crippen LogP contribution is 2.33. The maximum Gasteiger partial charge on any atom is 0.0970 e. The molecule has 1 saturated carbocycles. The second-order valence-electron chi connectivity index (χ2n) is 4.76. The van der Waals surface area contributed by atoms with Crippen LogP contribution in [0.25, 0.3) is 0 Å². The predicted octanol–water partition coefficient (Wildman–Crippen LogP) is 3.19. The standard InChI is InChI=1S/C12H19BrN2O/c1-15-12(10(13)8-14-15)11(16)7-9-5-3-2-4-6-9/h8-9,11,16H,2-7H2,1H3. The van der Waals surface area contributed by atoms with Gasteiger partial charge in [-0.05, 0) is 28.3 Å². The molecule has 0 amide bonds. The fourth-order valence-electron chi connectivity index (χ4n) is 2.65. The zero-order valence-electron chi connectivity index (χ0n) is 9.69. The fourth-order valence-corrected chi connectivity index (χ4v) is 3.26. The average Bonchev–Trinajstić information content (AvgIpc) is 2.60. The summed E-state index contributed by atoms with van der Waals surface area (Å²) in [6, 6.07) is 0. The Morgan fingerprint density at radius 3 is 2.75 bits per heavy atom. The second kappa shape index (κ2) is 5.32. The lowest BCUT2D eigenvalue weighted by atomic mass is 9.85. The minimum absolute atomic E-state index is 0.384. The number of halogens is 1. The van der Waals surface area contributed by atoms with Crippen molar-refractivity contribution in [3.05, 3.63) is 16.4 Å². The largest absolute Gasteiger partial charge is 0.387 e. The van der Waals surface area contributed by atoms with E-state index in [9.17, 15) is 5.11 Å². The molecule has 0 aliphatic heterocycles. The van der Waals surface area contributed by atoms with Crippen molar-refractivity contribution in [2.45, 2.75) is 44.6 Å². The molecule has 0 bridgehead atoms. The van der Waals surface area contributed by atoms with Gasteiger partial charge in [0.1, 0.15) is 0 Å². The molecule has 2 rings (SSSR count). The van der Waals surface area contributed by atoms with E-state index in [1.165, 1.54) is 32.1 Å². The highest BCUT2D eigenvalue weighted by Gasteiger charge is 2.22. The first kappa shape index (κ1) is 12.1. The van der Waals surface area contributed by atoms with Crippen LogP contribution in [0.3, 0.4) is 0 Å². The third kappa shape index (κ3) is 2.66. The molecule has 3 nitrogen and oxygen atoms in total. The summed E-state index contributed by atoms with van der Waals surface area (Å²) in [5.74, 6) is 0.686. The summed E-state index contributed by atoms with van der Waals surface area (Å²) in [6.07, 6.45) is 8.79. The van der Waals surface area contributed by atoms with Crippen molar-refractivity contribution in [3.63, 3.8) is 0 Å². The second-order valence-corrected chi connectivity index (χ2v) is 5.61. The van der Waals surface area contributed by atoms with Gasteiger partial charge in [0.25, 0.3) is 0 Å². The van der Waals surface area contributed by atoms with E-state index in [0.29, 0.717) is 5.92 Å². The molecule has 1 heterocycles. The average molecular weight is 287 g/mol. The zero-order chi connectivity index (χ0) is 11.5. The number of hydrogen-bond donors (Lipinski definition) is 1. The number of aryl methyl sites for hydroxylation is 1. The first-order valence-electron chi connectivity index (χ1n) is 6.04. The summed E-state index contributed by atoms with van der Waals surface area (Å²) < 4.78 is 2.68. The van der Waals surface area contributed by atoms with E-state index in [-0.39, 0.29) is 6.10 Å². The van der Waals surface area contributed by atoms with E-state index in [4.69, 9.17) is 0 Å². The number of aliphatic hydroxyl groups is 1. The van der Waals surface area contributed by atoms with Gasteiger partial charge < -0.3 is 5.11 Å². The van der Waals surface area contributed by atoms with Gasteiger partial charge in [-0.1, -0.05) is 32.1 Å². The number of aromatic nitrogens is 2. The molecule has 0 aromatic carbocycles. The van der Waals surface area contributed by atoms with E-state index >= 15 is 0 Å². The van der Waals surface area contributed by atoms with Crippen molar-refractivity contribution < 1.29 is 5.11 Å². The van der Waals surface area contributed by atoms with E-state index in [1.54, 1.807) is 10.9 Å². The number of aliphatic hydroxyl groups excluding tert-OH is 1. The minimum atomic E-state index is -0.384. The molecule has 1 N–H and O–H groups in total. The third-order valence-corrected chi connectivity index (χ3v) is 4.15. The molecular weight excluding hydrogens is 268 g/mol. The molecule has 1 aliphatic rings. The monoisotopic (exact) mass is 286 g/mol. The van der Waals surface area contributed by atoms with Gasteiger partial charge in [-0.25, -0.2) is 0 Å². The molecule has 90 valence electrons. The van der Waals surface area contributed by atoms with Crippen molar-refractivity contribution >= 4 is 15.9 Å². The number of rotatable bonds is 3. The Balaban J connectivity index is 1.99. The topological polar surface area (TPSA) is 38.0 Å². The van der Waals surface area contributed by atoms with Gasteiger partial charge in [-0.2, -0.15) is 5.10 Å². The Kier molecular flexibility index (Phi) is 4.03. The molecule has 1 unspecified atom stereocenters. The molecule has 1 aromatic heterocycles. The van der Waals surface area contributed by atoms with Crippen LogP contribution in [0.1, 0.15) is 50.3 Å². The summed E-state index contributed by atoms with van der Waals surface area (Å²) in [5.41, 5.74) is 0.908. The SMILES string of the molecule is Cn1ncc(Br)c1C(O)CC1CCCCC1. The Morgan fingerprint density at radius 1 is 1.50 bits per heavy atom. The first-order chi connectivity index (χ1) is 7.68. The van der Waals surface area contributed by atoms with E-state index in [2.05, 4.69) is 21.0 Å². The third-order valence-electron chi connectivity index (χ3n) is 3.53. The van der Waals surface area contributed by atoms with Gasteiger partial charge in [-0.15, -0.1) is 0 Å². The van der Waals surface area contributed by atoms with E-state index < -0.39 is 0 Å². The van der Waals surface area contributed by atoms with Gasteiger partial charge in [-0.3, -0.25) is 4.68 Å². The van der Waals surface area contributed by atoms with Crippen molar-refractivity contribution in [1.29, 1.82) is 0 Å². The number of hydrogen-bond acceptors (Lipinski definition) is 2. The quantitative estimate of drug-likeness (QED) is 0.927. The number of nitrogens with zero attached hydrogens (tertiary/aromatic N) is 2. The summed E-state index contributed by atoms with van der Waals surface area (Å²) in [6.45, 7) is 0. The predicted molar refractivity (Wildman–Crippen MR) is 67.1 cm³/mol. The van der Waals surface area contributed by atoms with Crippen molar-refractivity contribution in [3.8, 4) is 0 Å². The maximum absolute atomic E-state index is 10.2. The van der Waals surface area contributed by atoms with Crippen LogP contribution in [0.5, 0.6) is 0 Å². The fraction of sp³-hybridized carbons (Fsp3) is 0.750. The van der Waals surface area contributed by atoms with Gasteiger partial charge >= 0.3 is 0 Å². The van der Waals surface area contributed by atoms with Gasteiger partial charge in [0.15, 0.2) is 0 Å². The van der Waals surface area contributed by atoms with Crippen LogP contribution < -0.4 is 0 Å². The lowest BCUT2D eigenvalue weighted by Gasteiger charge is -2.24. The molecular formula is C12H19BrN2O. The van der Waals surface area contributed by atoms with Crippen LogP contribution in [-0.4, -0.2) is 14.9 Å². The maximum atomic E-state index is 10.2. The Hall–Kier alpha value is -0.350. The summed E-state index contributed by atoms with van der Waals surface area (Å²) >= 11 is 3.44. The Bertz CT molecular complexity index is 325. The van der Waals surface area contributed by atoms with Crippen molar-refractivity contribution in [2.75, 3.05) is 0 Å². The molecule has 0 spiro atoms. The minimum Gasteiger partial charge on any atom is -0.387 e. The first-order valence-corrected chi connectivity index (χ1v) is 6.83. The molecule has 1 aliphatic carbocycles. The molecule has 0 saturated heterocycles. The van der Waals surface area contributed by atoms with Crippen LogP contribution in [0.4, 0.5) is 0 Å². The lowest BCUT2D eigenvalue weighted by molar-refractivity contribution is 0.123. The van der Waals surface area contributed by atoms with Crippen LogP contribution >= 0.6 is 15.9 Å². The highest BCUT2D eigenvalue weighted by molar-refractivity contribution is 9.10. The van der Waals surface area contributed by atoms with Crippen LogP contribution in [0.2, 0.25) is 0 Å². The molecule has 1 atom stereocenters. The van der Waals surface area contributed by atoms with Gasteiger partial charge in [0, 0.05) is 7.05 Å². The Morgan fingerprint density at radius 2 is 2.19 bits per heavy atom. The highest BCUT2D eigenvalue weighted by atomic mass is 79.9. The van der Waals surface area contributed by atoms with E-state index in [1.807, 2.05) is 7.05 Å². The van der Waals surface area contributed by atoms with Crippen molar-refractivity contribution in [2.24, 2.45) is 13.0 Å². The molecule has 0 radical (unpaired) electrons. The molecule has 1 fully saturated rings. The van der Waals surface area contributed by atoms with E-state index in [0.717, 1.165) is 16.6 Å². The Labute approximate surface area is 105 Å². The van der Waals surface area contributed by atoms with Crippen LogP contribution in [0.15, 0.2) is 10.7 Å². The summed E-state index contributed by atoms with van der Waals surface area (Å²) in [7, 11) is 1.88. The summed E-state index contributed by atoms with van der Waals surface area (Å²) in [5, 5.41) is 14.4. The van der Waals surface area contributed by atoms with Gasteiger partial charge in [0.2, 0.25) is 0 Å². The van der Waals surface area contributed by atoms with Crippen LogP contribution in [-0.2, 0) is 7.05 Å². The smallest absolute Gasteiger partial charge is 0.0970 e. The summed E-state index contributed by atoms with van der Waals surface area (Å²) in [4.78, 5) is 0. The van der Waals surface area contributed by atoms with Crippen LogP contribution in [0, 0.1) is 5.92 Å².